The van der Waals surface area contributed by atoms with Gasteiger partial charge in [0, 0.05) is 6.04 Å². The predicted molar refractivity (Wildman–Crippen MR) is 77.5 cm³/mol. The largest absolute Gasteiger partial charge is 0.453 e. The van der Waals surface area contributed by atoms with Gasteiger partial charge in [0.25, 0.3) is 0 Å². The molecule has 0 radical (unpaired) electrons. The maximum absolute atomic E-state index is 13.8. The molecule has 20 heavy (non-hydrogen) atoms. The summed E-state index contributed by atoms with van der Waals surface area (Å²) in [6.07, 6.45) is 2.58. The van der Waals surface area contributed by atoms with Crippen LogP contribution in [0.4, 0.5) is 4.39 Å². The fraction of sp³-hybridized carbons (Fsp3) is 0.312. The van der Waals surface area contributed by atoms with Gasteiger partial charge in [0.05, 0.1) is 11.9 Å². The van der Waals surface area contributed by atoms with E-state index < -0.39 is 0 Å². The Hall–Kier alpha value is -1.94. The third-order valence-electron chi connectivity index (χ3n) is 3.26. The third kappa shape index (κ3) is 3.14. The van der Waals surface area contributed by atoms with E-state index in [-0.39, 0.29) is 17.6 Å². The van der Waals surface area contributed by atoms with Crippen LogP contribution < -0.4 is 10.1 Å². The van der Waals surface area contributed by atoms with Gasteiger partial charge in [-0.3, -0.25) is 4.98 Å². The lowest BCUT2D eigenvalue weighted by atomic mass is 10.1. The number of benzene rings is 1. The van der Waals surface area contributed by atoms with Crippen molar-refractivity contribution in [1.29, 1.82) is 0 Å². The van der Waals surface area contributed by atoms with E-state index >= 15 is 0 Å². The zero-order valence-corrected chi connectivity index (χ0v) is 12.0. The minimum Gasteiger partial charge on any atom is -0.453 e. The molecule has 1 unspecified atom stereocenters. The van der Waals surface area contributed by atoms with Gasteiger partial charge in [-0.1, -0.05) is 19.1 Å². The summed E-state index contributed by atoms with van der Waals surface area (Å²) < 4.78 is 19.4. The Morgan fingerprint density at radius 3 is 2.70 bits per heavy atom. The van der Waals surface area contributed by atoms with Gasteiger partial charge < -0.3 is 10.1 Å². The standard InChI is InChI=1S/C16H19FN2O/c1-4-13(18-3)14-9-8-12(10-19-14)20-15-7-5-6-11(2)16(15)17/h5-10,13,18H,4H2,1-3H3. The SMILES string of the molecule is CCC(NC)c1ccc(Oc2cccc(C)c2F)cn1. The molecule has 0 aliphatic carbocycles. The molecular weight excluding hydrogens is 255 g/mol. The van der Waals surface area contributed by atoms with E-state index in [9.17, 15) is 4.39 Å². The van der Waals surface area contributed by atoms with Crippen LogP contribution >= 0.6 is 0 Å². The summed E-state index contributed by atoms with van der Waals surface area (Å²) in [6.45, 7) is 3.80. The van der Waals surface area contributed by atoms with Crippen LogP contribution in [-0.4, -0.2) is 12.0 Å². The van der Waals surface area contributed by atoms with E-state index in [2.05, 4.69) is 17.2 Å². The number of nitrogens with zero attached hydrogens (tertiary/aromatic N) is 1. The Morgan fingerprint density at radius 2 is 2.10 bits per heavy atom. The third-order valence-corrected chi connectivity index (χ3v) is 3.26. The van der Waals surface area contributed by atoms with Gasteiger partial charge in [0.2, 0.25) is 0 Å². The number of ether oxygens (including phenoxy) is 1. The molecule has 106 valence electrons. The van der Waals surface area contributed by atoms with E-state index in [1.54, 1.807) is 31.3 Å². The summed E-state index contributed by atoms with van der Waals surface area (Å²) in [6, 6.07) is 9.02. The number of pyridine rings is 1. The molecule has 1 N–H and O–H groups in total. The Labute approximate surface area is 118 Å². The lowest BCUT2D eigenvalue weighted by Crippen LogP contribution is -2.16. The molecule has 2 rings (SSSR count). The second kappa shape index (κ2) is 6.48. The number of nitrogens with one attached hydrogen (secondary N) is 1. The van der Waals surface area contributed by atoms with Gasteiger partial charge in [-0.2, -0.15) is 0 Å². The maximum Gasteiger partial charge on any atom is 0.168 e. The van der Waals surface area contributed by atoms with Gasteiger partial charge in [-0.25, -0.2) is 4.39 Å². The fourth-order valence-corrected chi connectivity index (χ4v) is 2.05. The smallest absolute Gasteiger partial charge is 0.168 e. The van der Waals surface area contributed by atoms with E-state index in [0.29, 0.717) is 11.3 Å². The van der Waals surface area contributed by atoms with Crippen molar-refractivity contribution in [3.05, 3.63) is 53.6 Å². The van der Waals surface area contributed by atoms with E-state index in [1.807, 2.05) is 19.2 Å². The van der Waals surface area contributed by atoms with Crippen molar-refractivity contribution in [3.8, 4) is 11.5 Å². The molecule has 0 bridgehead atoms. The van der Waals surface area contributed by atoms with Gasteiger partial charge in [0.15, 0.2) is 11.6 Å². The molecule has 0 fully saturated rings. The highest BCUT2D eigenvalue weighted by Gasteiger charge is 2.10. The number of hydrogen-bond donors (Lipinski definition) is 1. The lowest BCUT2D eigenvalue weighted by Gasteiger charge is -2.13. The highest BCUT2D eigenvalue weighted by molar-refractivity contribution is 5.34. The molecule has 4 heteroatoms. The van der Waals surface area contributed by atoms with Gasteiger partial charge in [-0.05, 0) is 44.2 Å². The van der Waals surface area contributed by atoms with E-state index in [1.165, 1.54) is 0 Å². The monoisotopic (exact) mass is 274 g/mol. The zero-order valence-electron chi connectivity index (χ0n) is 12.0. The van der Waals surface area contributed by atoms with Gasteiger partial charge >= 0.3 is 0 Å². The summed E-state index contributed by atoms with van der Waals surface area (Å²) in [5, 5.41) is 3.19. The fourth-order valence-electron chi connectivity index (χ4n) is 2.05. The average molecular weight is 274 g/mol. The van der Waals surface area contributed by atoms with Crippen LogP contribution in [0.5, 0.6) is 11.5 Å². The number of aromatic nitrogens is 1. The van der Waals surface area contributed by atoms with Gasteiger partial charge in [-0.15, -0.1) is 0 Å². The van der Waals surface area contributed by atoms with Gasteiger partial charge in [0.1, 0.15) is 5.75 Å². The molecule has 1 atom stereocenters. The summed E-state index contributed by atoms with van der Waals surface area (Å²) in [5.41, 5.74) is 1.51. The van der Waals surface area contributed by atoms with E-state index in [4.69, 9.17) is 4.74 Å². The van der Waals surface area contributed by atoms with Crippen molar-refractivity contribution in [2.75, 3.05) is 7.05 Å². The van der Waals surface area contributed by atoms with Crippen molar-refractivity contribution < 1.29 is 9.13 Å². The number of aryl methyl sites for hydroxylation is 1. The Bertz CT molecular complexity index is 565. The van der Waals surface area contributed by atoms with Crippen LogP contribution in [0.3, 0.4) is 0 Å². The van der Waals surface area contributed by atoms with Crippen molar-refractivity contribution in [3.63, 3.8) is 0 Å². The van der Waals surface area contributed by atoms with Crippen LogP contribution in [0.25, 0.3) is 0 Å². The second-order valence-corrected chi connectivity index (χ2v) is 4.66. The number of hydrogen-bond acceptors (Lipinski definition) is 3. The summed E-state index contributed by atoms with van der Waals surface area (Å²) >= 11 is 0. The minimum absolute atomic E-state index is 0.222. The molecular formula is C16H19FN2O. The first-order chi connectivity index (χ1) is 9.65. The number of halogens is 1. The molecule has 2 aromatic rings. The molecule has 1 heterocycles. The quantitative estimate of drug-likeness (QED) is 0.895. The maximum atomic E-state index is 13.8. The number of rotatable bonds is 5. The molecule has 0 aliphatic heterocycles. The first kappa shape index (κ1) is 14.5. The van der Waals surface area contributed by atoms with Crippen molar-refractivity contribution >= 4 is 0 Å². The van der Waals surface area contributed by atoms with Crippen LogP contribution in [0.1, 0.15) is 30.6 Å². The van der Waals surface area contributed by atoms with Crippen molar-refractivity contribution in [2.45, 2.75) is 26.3 Å². The highest BCUT2D eigenvalue weighted by atomic mass is 19.1. The molecule has 0 amide bonds. The topological polar surface area (TPSA) is 34.1 Å². The predicted octanol–water partition coefficient (Wildman–Crippen LogP) is 3.99. The Kier molecular flexibility index (Phi) is 4.69. The van der Waals surface area contributed by atoms with Crippen LogP contribution in [0, 0.1) is 12.7 Å². The van der Waals surface area contributed by atoms with Crippen LogP contribution in [-0.2, 0) is 0 Å². The summed E-state index contributed by atoms with van der Waals surface area (Å²) in [5.74, 6) is 0.419. The van der Waals surface area contributed by atoms with Crippen LogP contribution in [0.15, 0.2) is 36.5 Å². The first-order valence-corrected chi connectivity index (χ1v) is 6.72. The lowest BCUT2D eigenvalue weighted by molar-refractivity contribution is 0.437. The van der Waals surface area contributed by atoms with Crippen LogP contribution in [0.2, 0.25) is 0 Å². The minimum atomic E-state index is -0.335. The molecule has 0 aliphatic rings. The summed E-state index contributed by atoms with van der Waals surface area (Å²) in [4.78, 5) is 4.36. The average Bonchev–Trinajstić information content (AvgIpc) is 2.47. The van der Waals surface area contributed by atoms with Crippen molar-refractivity contribution in [2.24, 2.45) is 0 Å². The molecule has 0 saturated carbocycles. The second-order valence-electron chi connectivity index (χ2n) is 4.66. The van der Waals surface area contributed by atoms with E-state index in [0.717, 1.165) is 12.1 Å². The zero-order chi connectivity index (χ0) is 14.5. The Balaban J connectivity index is 2.17. The molecule has 0 saturated heterocycles. The molecule has 0 spiro atoms. The highest BCUT2D eigenvalue weighted by Crippen LogP contribution is 2.26. The first-order valence-electron chi connectivity index (χ1n) is 6.72. The molecule has 1 aromatic heterocycles. The summed E-state index contributed by atoms with van der Waals surface area (Å²) in [7, 11) is 1.91. The normalized spacial score (nSPS) is 12.2. The molecule has 1 aromatic carbocycles. The Morgan fingerprint density at radius 1 is 1.30 bits per heavy atom. The van der Waals surface area contributed by atoms with Crippen molar-refractivity contribution in [1.82, 2.24) is 10.3 Å². The molecule has 3 nitrogen and oxygen atoms in total.